The second-order valence-electron chi connectivity index (χ2n) is 10.4. The van der Waals surface area contributed by atoms with E-state index in [0.29, 0.717) is 11.3 Å². The quantitative estimate of drug-likeness (QED) is 0.155. The number of rotatable bonds is 8. The van der Waals surface area contributed by atoms with Crippen molar-refractivity contribution in [3.05, 3.63) is 76.6 Å². The average Bonchev–Trinajstić information content (AvgIpc) is 2.90. The maximum Gasteiger partial charge on any atom is 0.422 e. The molecule has 0 spiro atoms. The molecule has 1 aliphatic rings. The van der Waals surface area contributed by atoms with Crippen LogP contribution >= 0.6 is 0 Å². The Kier molecular flexibility index (Phi) is 9.48. The summed E-state index contributed by atoms with van der Waals surface area (Å²) in [5.74, 6) is 2.04. The molecule has 0 amide bonds. The number of fused-ring (bicyclic) bond motifs is 1. The van der Waals surface area contributed by atoms with Gasteiger partial charge in [0.2, 0.25) is 0 Å². The van der Waals surface area contributed by atoms with E-state index in [2.05, 4.69) is 23.5 Å². The Morgan fingerprint density at radius 3 is 2.23 bits per heavy atom. The van der Waals surface area contributed by atoms with Gasteiger partial charge in [-0.3, -0.25) is 0 Å². The van der Waals surface area contributed by atoms with Gasteiger partial charge < -0.3 is 4.74 Å². The molecular weight excluding hydrogens is 514 g/mol. The summed E-state index contributed by atoms with van der Waals surface area (Å²) in [5, 5.41) is 1.17. The van der Waals surface area contributed by atoms with Crippen LogP contribution in [0.5, 0.6) is 5.75 Å². The summed E-state index contributed by atoms with van der Waals surface area (Å²) in [6, 6.07) is 10.6. The minimum absolute atomic E-state index is 0.0528. The molecule has 1 nitrogen and oxygen atoms in total. The van der Waals surface area contributed by atoms with E-state index in [9.17, 15) is 22.0 Å². The maximum atomic E-state index is 15.2. The van der Waals surface area contributed by atoms with E-state index < -0.39 is 36.0 Å². The van der Waals surface area contributed by atoms with E-state index in [1.165, 1.54) is 56.6 Å². The molecule has 208 valence electrons. The van der Waals surface area contributed by atoms with Crippen LogP contribution in [0.3, 0.4) is 0 Å². The van der Waals surface area contributed by atoms with E-state index in [1.807, 2.05) is 12.1 Å². The van der Waals surface area contributed by atoms with Gasteiger partial charge in [-0.1, -0.05) is 75.1 Å². The van der Waals surface area contributed by atoms with Crippen LogP contribution in [0.4, 0.5) is 26.3 Å². The number of halogens is 6. The third-order valence-electron chi connectivity index (χ3n) is 7.48. The fraction of sp³-hybridized carbons (Fsp3) is 0.438. The van der Waals surface area contributed by atoms with Crippen LogP contribution in [-0.2, 0) is 0 Å². The van der Waals surface area contributed by atoms with Crippen LogP contribution in [0.25, 0.3) is 10.8 Å². The van der Waals surface area contributed by atoms with E-state index in [-0.39, 0.29) is 11.1 Å². The first kappa shape index (κ1) is 28.9. The molecule has 0 aliphatic heterocycles. The lowest BCUT2D eigenvalue weighted by molar-refractivity contribution is -0.154. The number of unbranched alkanes of at least 4 members (excludes halogenated alkanes) is 3. The first-order valence-corrected chi connectivity index (χ1v) is 13.6. The lowest BCUT2D eigenvalue weighted by atomic mass is 9.76. The average molecular weight is 547 g/mol. The molecule has 0 heterocycles. The smallest absolute Gasteiger partial charge is 0.422 e. The molecule has 0 radical (unpaired) electrons. The minimum atomic E-state index is -4.74. The molecule has 7 heteroatoms. The van der Waals surface area contributed by atoms with Crippen molar-refractivity contribution in [1.29, 1.82) is 0 Å². The highest BCUT2D eigenvalue weighted by Gasteiger charge is 2.30. The number of hydrogen-bond acceptors (Lipinski definition) is 1. The molecule has 0 atom stereocenters. The van der Waals surface area contributed by atoms with Crippen molar-refractivity contribution in [2.45, 2.75) is 76.8 Å². The van der Waals surface area contributed by atoms with Crippen molar-refractivity contribution in [3.63, 3.8) is 0 Å². The van der Waals surface area contributed by atoms with Gasteiger partial charge in [0.25, 0.3) is 0 Å². The van der Waals surface area contributed by atoms with E-state index in [0.717, 1.165) is 36.3 Å². The highest BCUT2D eigenvalue weighted by atomic mass is 19.4. The normalized spacial score (nSPS) is 17.6. The molecule has 4 rings (SSSR count). The second kappa shape index (κ2) is 12.8. The molecule has 1 fully saturated rings. The monoisotopic (exact) mass is 546 g/mol. The van der Waals surface area contributed by atoms with Crippen LogP contribution < -0.4 is 4.74 Å². The van der Waals surface area contributed by atoms with Crippen molar-refractivity contribution in [3.8, 4) is 17.6 Å². The Morgan fingerprint density at radius 1 is 0.846 bits per heavy atom. The van der Waals surface area contributed by atoms with Crippen LogP contribution in [0.2, 0.25) is 0 Å². The van der Waals surface area contributed by atoms with Gasteiger partial charge in [-0.05, 0) is 66.7 Å². The first-order chi connectivity index (χ1) is 18.6. The van der Waals surface area contributed by atoms with Crippen molar-refractivity contribution in [2.75, 3.05) is 6.61 Å². The van der Waals surface area contributed by atoms with Crippen LogP contribution in [0.15, 0.2) is 42.5 Å². The van der Waals surface area contributed by atoms with Crippen molar-refractivity contribution in [2.24, 2.45) is 5.92 Å². The molecule has 0 unspecified atom stereocenters. The van der Waals surface area contributed by atoms with Crippen LogP contribution in [0.1, 0.15) is 87.3 Å². The third kappa shape index (κ3) is 7.71. The summed E-state index contributed by atoms with van der Waals surface area (Å²) in [4.78, 5) is 0. The van der Waals surface area contributed by atoms with Crippen LogP contribution in [0, 0.1) is 35.2 Å². The predicted molar refractivity (Wildman–Crippen MR) is 141 cm³/mol. The Balaban J connectivity index is 1.44. The summed E-state index contributed by atoms with van der Waals surface area (Å²) in [6.07, 6.45) is 6.52. The fourth-order valence-electron chi connectivity index (χ4n) is 5.37. The van der Waals surface area contributed by atoms with Gasteiger partial charge in [0, 0.05) is 10.9 Å². The number of alkyl halides is 3. The third-order valence-corrected chi connectivity index (χ3v) is 7.48. The summed E-state index contributed by atoms with van der Waals surface area (Å²) < 4.78 is 84.6. The van der Waals surface area contributed by atoms with Gasteiger partial charge in [0.05, 0.1) is 5.56 Å². The molecule has 1 aliphatic carbocycles. The van der Waals surface area contributed by atoms with E-state index >= 15 is 4.39 Å². The minimum Gasteiger partial charge on any atom is -0.478 e. The van der Waals surface area contributed by atoms with Crippen molar-refractivity contribution in [1.82, 2.24) is 0 Å². The highest BCUT2D eigenvalue weighted by Crippen LogP contribution is 2.39. The molecule has 1 saturated carbocycles. The van der Waals surface area contributed by atoms with E-state index in [1.54, 1.807) is 12.1 Å². The fourth-order valence-corrected chi connectivity index (χ4v) is 5.37. The zero-order valence-electron chi connectivity index (χ0n) is 21.9. The highest BCUT2D eigenvalue weighted by molar-refractivity contribution is 5.85. The molecule has 0 bridgehead atoms. The molecule has 3 aromatic rings. The lowest BCUT2D eigenvalue weighted by Crippen LogP contribution is -2.20. The standard InChI is InChI=1S/C32H32F6O/c1-2-3-4-5-6-21-7-10-23(11-8-21)25-15-16-27-26(19-25)14-13-24(30(27)35)12-9-22-17-28(33)31(29(34)18-22)39-20-32(36,37)38/h13-19,21,23H,2-8,10-11,20H2,1H3. The molecule has 0 saturated heterocycles. The molecule has 0 N–H and O–H groups in total. The largest absolute Gasteiger partial charge is 0.478 e. The number of ether oxygens (including phenoxy) is 1. The number of hydrogen-bond donors (Lipinski definition) is 0. The maximum absolute atomic E-state index is 15.2. The molecule has 3 aromatic carbocycles. The van der Waals surface area contributed by atoms with Gasteiger partial charge in [-0.2, -0.15) is 13.2 Å². The van der Waals surface area contributed by atoms with Gasteiger partial charge in [-0.25, -0.2) is 13.2 Å². The van der Waals surface area contributed by atoms with Gasteiger partial charge in [0.15, 0.2) is 24.0 Å². The van der Waals surface area contributed by atoms with Crippen LogP contribution in [-0.4, -0.2) is 12.8 Å². The Labute approximate surface area is 225 Å². The number of benzene rings is 3. The molecular formula is C32H32F6O. The Morgan fingerprint density at radius 2 is 1.56 bits per heavy atom. The SMILES string of the molecule is CCCCCCC1CCC(c2ccc3c(F)c(C#Cc4cc(F)c(OCC(F)(F)F)c(F)c4)ccc3c2)CC1. The zero-order chi connectivity index (χ0) is 28.0. The van der Waals surface area contributed by atoms with Gasteiger partial charge in [-0.15, -0.1) is 0 Å². The molecule has 39 heavy (non-hydrogen) atoms. The Hall–Kier alpha value is -3.14. The van der Waals surface area contributed by atoms with Gasteiger partial charge in [0.1, 0.15) is 5.82 Å². The summed E-state index contributed by atoms with van der Waals surface area (Å²) >= 11 is 0. The zero-order valence-corrected chi connectivity index (χ0v) is 21.9. The van der Waals surface area contributed by atoms with Crippen molar-refractivity contribution < 1.29 is 31.1 Å². The summed E-state index contributed by atoms with van der Waals surface area (Å²) in [5.41, 5.74) is 1.11. The van der Waals surface area contributed by atoms with E-state index in [4.69, 9.17) is 0 Å². The molecule has 0 aromatic heterocycles. The lowest BCUT2D eigenvalue weighted by Gasteiger charge is -2.29. The topological polar surface area (TPSA) is 9.23 Å². The first-order valence-electron chi connectivity index (χ1n) is 13.6. The Bertz CT molecular complexity index is 1320. The second-order valence-corrected chi connectivity index (χ2v) is 10.4. The predicted octanol–water partition coefficient (Wildman–Crippen LogP) is 9.84. The van der Waals surface area contributed by atoms with Crippen molar-refractivity contribution >= 4 is 10.8 Å². The van der Waals surface area contributed by atoms with Gasteiger partial charge >= 0.3 is 6.18 Å². The summed E-state index contributed by atoms with van der Waals surface area (Å²) in [7, 11) is 0. The summed E-state index contributed by atoms with van der Waals surface area (Å²) in [6.45, 7) is 0.404.